The van der Waals surface area contributed by atoms with E-state index < -0.39 is 11.8 Å². The molecule has 0 bridgehead atoms. The van der Waals surface area contributed by atoms with E-state index in [0.29, 0.717) is 13.2 Å². The maximum Gasteiger partial charge on any atom is 0.335 e. The summed E-state index contributed by atoms with van der Waals surface area (Å²) in [4.78, 5) is 10.7. The second-order valence-electron chi connectivity index (χ2n) is 5.12. The molecule has 4 nitrogen and oxygen atoms in total. The van der Waals surface area contributed by atoms with Crippen LogP contribution in [0.3, 0.4) is 0 Å². The largest absolute Gasteiger partial charge is 0.478 e. The van der Waals surface area contributed by atoms with Gasteiger partial charge in [0.05, 0.1) is 24.7 Å². The van der Waals surface area contributed by atoms with Gasteiger partial charge in [-0.05, 0) is 50.0 Å². The Bertz CT molecular complexity index is 625. The third kappa shape index (κ3) is 4.65. The number of carbonyl (C=O) groups is 1. The average molecular weight is 284 g/mol. The molecule has 4 heteroatoms. The molecule has 0 saturated carbocycles. The van der Waals surface area contributed by atoms with Gasteiger partial charge in [-0.1, -0.05) is 11.8 Å². The molecule has 1 aliphatic rings. The number of carboxylic acid groups (broad SMARTS) is 1. The lowest BCUT2D eigenvalue weighted by molar-refractivity contribution is -0.254. The van der Waals surface area contributed by atoms with Crippen molar-refractivity contribution >= 4 is 5.97 Å². The fourth-order valence-electron chi connectivity index (χ4n) is 1.71. The first-order valence-electron chi connectivity index (χ1n) is 6.59. The van der Waals surface area contributed by atoms with E-state index in [1.165, 1.54) is 12.1 Å². The molecule has 0 radical (unpaired) electrons. The summed E-state index contributed by atoms with van der Waals surface area (Å²) in [5.74, 6) is 9.94. The van der Waals surface area contributed by atoms with E-state index in [1.54, 1.807) is 12.1 Å². The first kappa shape index (κ1) is 15.1. The van der Waals surface area contributed by atoms with E-state index >= 15 is 0 Å². The van der Waals surface area contributed by atoms with Crippen molar-refractivity contribution in [1.29, 1.82) is 0 Å². The van der Waals surface area contributed by atoms with E-state index in [2.05, 4.69) is 23.7 Å². The number of benzene rings is 1. The van der Waals surface area contributed by atoms with Gasteiger partial charge in [-0.3, -0.25) is 0 Å². The van der Waals surface area contributed by atoms with Crippen LogP contribution in [-0.4, -0.2) is 30.1 Å². The monoisotopic (exact) mass is 284 g/mol. The Morgan fingerprint density at radius 2 is 1.81 bits per heavy atom. The number of hydrogen-bond donors (Lipinski definition) is 1. The molecule has 0 spiro atoms. The van der Waals surface area contributed by atoms with Crippen molar-refractivity contribution in [2.45, 2.75) is 19.6 Å². The summed E-state index contributed by atoms with van der Waals surface area (Å²) < 4.78 is 11.0. The molecule has 0 unspecified atom stereocenters. The number of rotatable bonds is 1. The van der Waals surface area contributed by atoms with Gasteiger partial charge < -0.3 is 14.6 Å². The predicted octanol–water partition coefficient (Wildman–Crippen LogP) is 2.14. The lowest BCUT2D eigenvalue weighted by Gasteiger charge is -2.32. The molecule has 108 valence electrons. The molecular weight excluding hydrogens is 268 g/mol. The maximum atomic E-state index is 10.7. The topological polar surface area (TPSA) is 55.8 Å². The van der Waals surface area contributed by atoms with Gasteiger partial charge in [0.25, 0.3) is 0 Å². The van der Waals surface area contributed by atoms with Gasteiger partial charge in [0.2, 0.25) is 0 Å². The molecule has 1 saturated heterocycles. The van der Waals surface area contributed by atoms with Gasteiger partial charge in [-0.25, -0.2) is 4.79 Å². The minimum Gasteiger partial charge on any atom is -0.478 e. The highest BCUT2D eigenvalue weighted by Crippen LogP contribution is 2.19. The third-order valence-electron chi connectivity index (χ3n) is 2.94. The molecule has 0 atom stereocenters. The minimum absolute atomic E-state index is 0.0294. The van der Waals surface area contributed by atoms with Gasteiger partial charge in [-0.15, -0.1) is 0 Å². The van der Waals surface area contributed by atoms with Crippen molar-refractivity contribution in [1.82, 2.24) is 0 Å². The van der Waals surface area contributed by atoms with Crippen molar-refractivity contribution in [3.05, 3.63) is 35.4 Å². The van der Waals surface area contributed by atoms with E-state index in [0.717, 1.165) is 5.56 Å². The molecule has 0 aliphatic carbocycles. The fraction of sp³-hybridized carbons (Fsp3) is 0.353. The summed E-state index contributed by atoms with van der Waals surface area (Å²) in [6.45, 7) is 4.82. The molecule has 1 heterocycles. The van der Waals surface area contributed by atoms with E-state index in [1.807, 2.05) is 13.8 Å². The van der Waals surface area contributed by atoms with Gasteiger partial charge in [0.1, 0.15) is 0 Å². The van der Waals surface area contributed by atoms with Crippen LogP contribution < -0.4 is 0 Å². The summed E-state index contributed by atoms with van der Waals surface area (Å²) in [6.07, 6.45) is 0. The van der Waals surface area contributed by atoms with Crippen LogP contribution >= 0.6 is 0 Å². The van der Waals surface area contributed by atoms with Crippen LogP contribution in [0.25, 0.3) is 0 Å². The fourth-order valence-corrected chi connectivity index (χ4v) is 1.71. The summed E-state index contributed by atoms with van der Waals surface area (Å²) in [6, 6.07) is 6.36. The minimum atomic E-state index is -0.950. The Morgan fingerprint density at radius 3 is 2.38 bits per heavy atom. The lowest BCUT2D eigenvalue weighted by Crippen LogP contribution is -2.38. The van der Waals surface area contributed by atoms with Crippen molar-refractivity contribution in [3.8, 4) is 23.7 Å². The van der Waals surface area contributed by atoms with Gasteiger partial charge in [-0.2, -0.15) is 0 Å². The first-order chi connectivity index (χ1) is 9.96. The number of hydrogen-bond acceptors (Lipinski definition) is 3. The van der Waals surface area contributed by atoms with Crippen molar-refractivity contribution in [2.75, 3.05) is 13.2 Å². The maximum absolute atomic E-state index is 10.7. The highest BCUT2D eigenvalue weighted by Gasteiger charge is 2.27. The predicted molar refractivity (Wildman–Crippen MR) is 77.5 cm³/mol. The molecule has 0 amide bonds. The number of ether oxygens (including phenoxy) is 2. The molecule has 21 heavy (non-hydrogen) atoms. The van der Waals surface area contributed by atoms with Crippen LogP contribution in [0.5, 0.6) is 0 Å². The van der Waals surface area contributed by atoms with Gasteiger partial charge in [0.15, 0.2) is 5.79 Å². The van der Waals surface area contributed by atoms with Crippen LogP contribution in [0.15, 0.2) is 24.3 Å². The van der Waals surface area contributed by atoms with Crippen molar-refractivity contribution in [2.24, 2.45) is 5.92 Å². The van der Waals surface area contributed by atoms with Gasteiger partial charge in [0, 0.05) is 5.56 Å². The summed E-state index contributed by atoms with van der Waals surface area (Å²) in [5.41, 5.74) is 0.970. The third-order valence-corrected chi connectivity index (χ3v) is 2.94. The number of carboxylic acids is 1. The molecular formula is C17H16O4. The Hall–Kier alpha value is -2.27. The normalized spacial score (nSPS) is 17.0. The highest BCUT2D eigenvalue weighted by atomic mass is 16.7. The van der Waals surface area contributed by atoms with Crippen molar-refractivity contribution < 1.29 is 19.4 Å². The second kappa shape index (κ2) is 6.45. The van der Waals surface area contributed by atoms with Gasteiger partial charge >= 0.3 is 5.97 Å². The van der Waals surface area contributed by atoms with Crippen molar-refractivity contribution in [3.63, 3.8) is 0 Å². The van der Waals surface area contributed by atoms with Crippen LogP contribution in [0, 0.1) is 29.6 Å². The molecule has 1 fully saturated rings. The quantitative estimate of drug-likeness (QED) is 0.803. The Balaban J connectivity index is 1.92. The lowest BCUT2D eigenvalue weighted by atomic mass is 10.1. The summed E-state index contributed by atoms with van der Waals surface area (Å²) in [5, 5.41) is 8.79. The second-order valence-corrected chi connectivity index (χ2v) is 5.12. The standard InChI is InChI=1S/C17H16O4/c1-17(2)20-11-14(12-21-17)6-4-3-5-13-7-9-15(10-8-13)16(18)19/h7-10,14H,11-12H2,1-2H3,(H,18,19). The Morgan fingerprint density at radius 1 is 1.19 bits per heavy atom. The zero-order chi connectivity index (χ0) is 15.3. The molecule has 1 aromatic rings. The summed E-state index contributed by atoms with van der Waals surface area (Å²) in [7, 11) is 0. The van der Waals surface area contributed by atoms with E-state index in [-0.39, 0.29) is 11.5 Å². The smallest absolute Gasteiger partial charge is 0.335 e. The Labute approximate surface area is 124 Å². The van der Waals surface area contributed by atoms with E-state index in [9.17, 15) is 4.79 Å². The Kier molecular flexibility index (Phi) is 4.65. The summed E-state index contributed by atoms with van der Waals surface area (Å²) >= 11 is 0. The molecule has 2 rings (SSSR count). The zero-order valence-electron chi connectivity index (χ0n) is 12.0. The molecule has 1 aliphatic heterocycles. The van der Waals surface area contributed by atoms with E-state index in [4.69, 9.17) is 14.6 Å². The van der Waals surface area contributed by atoms with Crippen LogP contribution in [0.4, 0.5) is 0 Å². The zero-order valence-corrected chi connectivity index (χ0v) is 12.0. The average Bonchev–Trinajstić information content (AvgIpc) is 2.45. The highest BCUT2D eigenvalue weighted by molar-refractivity contribution is 5.87. The number of aromatic carboxylic acids is 1. The first-order valence-corrected chi connectivity index (χ1v) is 6.59. The van der Waals surface area contributed by atoms with Crippen LogP contribution in [0.2, 0.25) is 0 Å². The molecule has 0 aromatic heterocycles. The SMILES string of the molecule is CC1(C)OCC(C#CC#Cc2ccc(C(=O)O)cc2)CO1. The molecule has 1 N–H and O–H groups in total. The van der Waals surface area contributed by atoms with Crippen LogP contribution in [0.1, 0.15) is 29.8 Å². The van der Waals surface area contributed by atoms with Crippen LogP contribution in [-0.2, 0) is 9.47 Å². The molecule has 1 aromatic carbocycles.